The molecule has 140 valence electrons. The minimum absolute atomic E-state index is 0.0452. The van der Waals surface area contributed by atoms with Gasteiger partial charge in [-0.15, -0.1) is 0 Å². The highest BCUT2D eigenvalue weighted by molar-refractivity contribution is 6.06. The van der Waals surface area contributed by atoms with Crippen molar-refractivity contribution in [3.05, 3.63) is 29.8 Å². The van der Waals surface area contributed by atoms with Crippen LogP contribution in [0.5, 0.6) is 0 Å². The molecule has 3 aliphatic rings. The summed E-state index contributed by atoms with van der Waals surface area (Å²) in [5, 5.41) is 0. The number of rotatable bonds is 3. The van der Waals surface area contributed by atoms with E-state index >= 15 is 0 Å². The number of likely N-dealkylation sites (tertiary alicyclic amines) is 1. The minimum Gasteiger partial charge on any atom is -0.465 e. The van der Waals surface area contributed by atoms with Gasteiger partial charge in [0.25, 0.3) is 5.66 Å². The third-order valence-electron chi connectivity index (χ3n) is 6.67. The van der Waals surface area contributed by atoms with Crippen molar-refractivity contribution >= 4 is 17.6 Å². The fourth-order valence-electron chi connectivity index (χ4n) is 5.23. The minimum atomic E-state index is -1.18. The second-order valence-electron chi connectivity index (χ2n) is 7.79. The summed E-state index contributed by atoms with van der Waals surface area (Å²) in [4.78, 5) is 30.7. The van der Waals surface area contributed by atoms with Gasteiger partial charge in [0.1, 0.15) is 0 Å². The fourth-order valence-corrected chi connectivity index (χ4v) is 5.23. The van der Waals surface area contributed by atoms with E-state index < -0.39 is 11.1 Å². The highest BCUT2D eigenvalue weighted by Gasteiger charge is 2.77. The number of para-hydroxylation sites is 1. The van der Waals surface area contributed by atoms with Crippen molar-refractivity contribution in [3.63, 3.8) is 0 Å². The maximum atomic E-state index is 13.6. The number of benzene rings is 1. The molecule has 1 aliphatic carbocycles. The summed E-state index contributed by atoms with van der Waals surface area (Å²) in [5.74, 6) is -0.380. The number of esters is 1. The molecular weight excluding hydrogens is 330 g/mol. The number of fused-ring (bicyclic) bond motifs is 3. The molecule has 3 N–H and O–H groups in total. The Balaban J connectivity index is 1.86. The summed E-state index contributed by atoms with van der Waals surface area (Å²) in [7, 11) is 1.87. The second kappa shape index (κ2) is 5.98. The highest BCUT2D eigenvalue weighted by atomic mass is 16.5. The molecule has 0 bridgehead atoms. The zero-order valence-corrected chi connectivity index (χ0v) is 15.7. The van der Waals surface area contributed by atoms with Crippen molar-refractivity contribution in [1.29, 1.82) is 0 Å². The molecule has 1 amide bonds. The van der Waals surface area contributed by atoms with Crippen LogP contribution in [-0.4, -0.2) is 48.7 Å². The zero-order chi connectivity index (χ0) is 18.5. The molecule has 2 aliphatic heterocycles. The molecule has 1 saturated carbocycles. The highest BCUT2D eigenvalue weighted by Crippen LogP contribution is 2.54. The summed E-state index contributed by atoms with van der Waals surface area (Å²) < 4.78 is 5.50. The molecule has 2 heterocycles. The average molecular weight is 358 g/mol. The van der Waals surface area contributed by atoms with E-state index in [4.69, 9.17) is 4.74 Å². The number of nitrogens with zero attached hydrogens (tertiary/aromatic N) is 2. The number of quaternary nitrogens is 1. The summed E-state index contributed by atoms with van der Waals surface area (Å²) in [6.45, 7) is 2.46. The normalized spacial score (nSPS) is 31.1. The molecule has 0 aromatic heterocycles. The Morgan fingerprint density at radius 2 is 1.96 bits per heavy atom. The number of carbonyl (C=O) groups excluding carboxylic acids is 2. The van der Waals surface area contributed by atoms with Gasteiger partial charge in [-0.3, -0.25) is 9.59 Å². The smallest absolute Gasteiger partial charge is 0.327 e. The van der Waals surface area contributed by atoms with Gasteiger partial charge in [-0.05, 0) is 25.8 Å². The Morgan fingerprint density at radius 3 is 2.65 bits per heavy atom. The van der Waals surface area contributed by atoms with Gasteiger partial charge in [-0.2, -0.15) is 0 Å². The number of hydrogen-bond acceptors (Lipinski definition) is 4. The van der Waals surface area contributed by atoms with E-state index in [1.807, 2.05) is 41.1 Å². The van der Waals surface area contributed by atoms with Gasteiger partial charge in [0.2, 0.25) is 0 Å². The van der Waals surface area contributed by atoms with Crippen LogP contribution in [0.1, 0.15) is 44.6 Å². The Bertz CT molecular complexity index is 746. The van der Waals surface area contributed by atoms with Gasteiger partial charge < -0.3 is 20.3 Å². The van der Waals surface area contributed by atoms with E-state index in [2.05, 4.69) is 5.73 Å². The van der Waals surface area contributed by atoms with Crippen LogP contribution in [0.25, 0.3) is 0 Å². The number of amides is 1. The summed E-state index contributed by atoms with van der Waals surface area (Å²) >= 11 is 0. The third kappa shape index (κ3) is 1.96. The number of likely N-dealkylation sites (N-methyl/N-ethyl adjacent to an activating group) is 1. The molecule has 2 atom stereocenters. The molecule has 0 radical (unpaired) electrons. The summed E-state index contributed by atoms with van der Waals surface area (Å²) in [5.41, 5.74) is 3.87. The summed E-state index contributed by atoms with van der Waals surface area (Å²) in [6.07, 6.45) is 5.51. The van der Waals surface area contributed by atoms with Crippen LogP contribution < -0.4 is 10.6 Å². The first-order chi connectivity index (χ1) is 12.5. The fraction of sp³-hybridized carbons (Fsp3) is 0.600. The predicted molar refractivity (Wildman–Crippen MR) is 97.4 cm³/mol. The topological polar surface area (TPSA) is 77.5 Å². The van der Waals surface area contributed by atoms with Crippen molar-refractivity contribution < 1.29 is 20.1 Å². The van der Waals surface area contributed by atoms with E-state index in [0.717, 1.165) is 36.9 Å². The van der Waals surface area contributed by atoms with Gasteiger partial charge in [-0.1, -0.05) is 37.5 Å². The molecule has 26 heavy (non-hydrogen) atoms. The van der Waals surface area contributed by atoms with Crippen LogP contribution in [0.15, 0.2) is 24.3 Å². The van der Waals surface area contributed by atoms with Crippen LogP contribution in [-0.2, 0) is 19.7 Å². The summed E-state index contributed by atoms with van der Waals surface area (Å²) in [6, 6.07) is 7.97. The van der Waals surface area contributed by atoms with Gasteiger partial charge in [-0.25, -0.2) is 0 Å². The maximum Gasteiger partial charge on any atom is 0.327 e. The van der Waals surface area contributed by atoms with Crippen LogP contribution in [0.4, 0.5) is 5.69 Å². The van der Waals surface area contributed by atoms with Gasteiger partial charge in [0, 0.05) is 24.3 Å². The Labute approximate surface area is 154 Å². The second-order valence-corrected chi connectivity index (χ2v) is 7.79. The molecule has 6 nitrogen and oxygen atoms in total. The Hall–Kier alpha value is -2.08. The number of hydrogen-bond donors (Lipinski definition) is 1. The zero-order valence-electron chi connectivity index (χ0n) is 15.7. The molecular formula is C20H28N3O3+. The van der Waals surface area contributed by atoms with Crippen molar-refractivity contribution in [2.45, 2.75) is 56.1 Å². The van der Waals surface area contributed by atoms with Crippen molar-refractivity contribution in [2.24, 2.45) is 0 Å². The van der Waals surface area contributed by atoms with Crippen LogP contribution >= 0.6 is 0 Å². The molecule has 0 spiro atoms. The monoisotopic (exact) mass is 358 g/mol. The van der Waals surface area contributed by atoms with Gasteiger partial charge in [0.05, 0.1) is 13.2 Å². The first-order valence-corrected chi connectivity index (χ1v) is 9.65. The average Bonchev–Trinajstić information content (AvgIpc) is 3.02. The van der Waals surface area contributed by atoms with E-state index in [1.165, 1.54) is 6.42 Å². The van der Waals surface area contributed by atoms with E-state index in [-0.39, 0.29) is 17.9 Å². The molecule has 1 aromatic rings. The Kier molecular flexibility index (Phi) is 3.99. The number of anilines is 1. The Morgan fingerprint density at radius 1 is 1.27 bits per heavy atom. The molecule has 0 unspecified atom stereocenters. The molecule has 1 saturated heterocycles. The van der Waals surface area contributed by atoms with E-state index in [9.17, 15) is 9.59 Å². The van der Waals surface area contributed by atoms with Gasteiger partial charge >= 0.3 is 11.9 Å². The van der Waals surface area contributed by atoms with Gasteiger partial charge in [0.15, 0.2) is 5.41 Å². The largest absolute Gasteiger partial charge is 0.465 e. The van der Waals surface area contributed by atoms with E-state index in [0.29, 0.717) is 13.2 Å². The lowest BCUT2D eigenvalue weighted by Crippen LogP contribution is -2.88. The lowest BCUT2D eigenvalue weighted by Gasteiger charge is -2.33. The standard InChI is InChI=1S/C20H27N3O3/c1-3-26-18(25)19-13-23(14-9-5-4-6-10-14)17(24)20(19,21)22(2)16-12-8-7-11-15(16)19/h7-8,11-12,14H,3-6,9-10,13,21H2,1-2H3/p+1/t19-,20-/m1/s1. The number of carbonyl (C=O) groups is 2. The molecule has 6 heteroatoms. The van der Waals surface area contributed by atoms with Crippen LogP contribution in [0, 0.1) is 0 Å². The third-order valence-corrected chi connectivity index (χ3v) is 6.67. The lowest BCUT2D eigenvalue weighted by molar-refractivity contribution is -0.464. The van der Waals surface area contributed by atoms with Crippen LogP contribution in [0.3, 0.4) is 0 Å². The first-order valence-electron chi connectivity index (χ1n) is 9.65. The quantitative estimate of drug-likeness (QED) is 0.820. The number of ether oxygens (including phenoxy) is 1. The molecule has 2 fully saturated rings. The first kappa shape index (κ1) is 17.3. The van der Waals surface area contributed by atoms with Crippen molar-refractivity contribution in [1.82, 2.24) is 4.90 Å². The van der Waals surface area contributed by atoms with Crippen molar-refractivity contribution in [2.75, 3.05) is 25.1 Å². The van der Waals surface area contributed by atoms with E-state index in [1.54, 1.807) is 6.92 Å². The molecule has 1 aromatic carbocycles. The predicted octanol–water partition coefficient (Wildman–Crippen LogP) is 1.05. The maximum absolute atomic E-state index is 13.6. The lowest BCUT2D eigenvalue weighted by atomic mass is 9.74. The van der Waals surface area contributed by atoms with Crippen LogP contribution in [0.2, 0.25) is 0 Å². The van der Waals surface area contributed by atoms with Crippen molar-refractivity contribution in [3.8, 4) is 0 Å². The SMILES string of the molecule is CCOC(=O)[C@]12CN(C3CCCCC3)C(=O)[C@@]1([NH3+])N(C)c1ccccc12. The molecule has 4 rings (SSSR count).